The van der Waals surface area contributed by atoms with Crippen molar-refractivity contribution in [2.45, 2.75) is 50.9 Å². The molecule has 1 heterocycles. The molecule has 4 nitrogen and oxygen atoms in total. The van der Waals surface area contributed by atoms with E-state index in [0.29, 0.717) is 6.04 Å². The Bertz CT molecular complexity index is 490. The van der Waals surface area contributed by atoms with E-state index in [0.717, 1.165) is 17.0 Å². The molecule has 1 fully saturated rings. The van der Waals surface area contributed by atoms with E-state index in [-0.39, 0.29) is 23.8 Å². The third-order valence-electron chi connectivity index (χ3n) is 4.04. The molecule has 0 aromatic carbocycles. The van der Waals surface area contributed by atoms with Gasteiger partial charge in [-0.25, -0.2) is 0 Å². The van der Waals surface area contributed by atoms with Crippen molar-refractivity contribution in [3.8, 4) is 0 Å². The molecule has 0 aliphatic heterocycles. The van der Waals surface area contributed by atoms with Gasteiger partial charge < -0.3 is 15.0 Å². The van der Waals surface area contributed by atoms with E-state index in [1.165, 1.54) is 12.8 Å². The van der Waals surface area contributed by atoms with E-state index >= 15 is 0 Å². The Morgan fingerprint density at radius 1 is 1.55 bits per heavy atom. The Labute approximate surface area is 124 Å². The van der Waals surface area contributed by atoms with Crippen molar-refractivity contribution in [1.82, 2.24) is 9.88 Å². The number of aliphatic hydroxyl groups excluding tert-OH is 1. The summed E-state index contributed by atoms with van der Waals surface area (Å²) in [6.07, 6.45) is 4.38. The van der Waals surface area contributed by atoms with Crippen LogP contribution < -0.4 is 5.32 Å². The smallest absolute Gasteiger partial charge is 0.253 e. The van der Waals surface area contributed by atoms with Crippen LogP contribution in [0.3, 0.4) is 0 Å². The number of nitrogens with one attached hydrogen (secondary N) is 1. The number of thioether (sulfide) groups is 1. The average Bonchev–Trinajstić information content (AvgIpc) is 3.17. The summed E-state index contributed by atoms with van der Waals surface area (Å²) in [7, 11) is 0. The van der Waals surface area contributed by atoms with Crippen molar-refractivity contribution in [2.75, 3.05) is 12.9 Å². The van der Waals surface area contributed by atoms with E-state index in [1.807, 2.05) is 26.2 Å². The van der Waals surface area contributed by atoms with Crippen molar-refractivity contribution in [1.29, 1.82) is 0 Å². The topological polar surface area (TPSA) is 54.3 Å². The van der Waals surface area contributed by atoms with Gasteiger partial charge in [0.25, 0.3) is 5.91 Å². The minimum Gasteiger partial charge on any atom is -0.395 e. The lowest BCUT2D eigenvalue weighted by Gasteiger charge is -2.21. The second kappa shape index (κ2) is 6.22. The normalized spacial score (nSPS) is 17.9. The molecule has 1 saturated carbocycles. The predicted molar refractivity (Wildman–Crippen MR) is 83.5 cm³/mol. The van der Waals surface area contributed by atoms with Gasteiger partial charge in [-0.2, -0.15) is 11.8 Å². The quantitative estimate of drug-likeness (QED) is 0.847. The molecule has 1 aliphatic carbocycles. The number of hydrogen-bond donors (Lipinski definition) is 2. The molecule has 0 unspecified atom stereocenters. The molecule has 0 saturated heterocycles. The van der Waals surface area contributed by atoms with Gasteiger partial charge in [0.05, 0.1) is 12.2 Å². The lowest BCUT2D eigenvalue weighted by atomic mass is 10.2. The second-order valence-corrected chi connectivity index (χ2v) is 6.68. The molecular weight excluding hydrogens is 272 g/mol. The summed E-state index contributed by atoms with van der Waals surface area (Å²) < 4.78 is 2.28. The fraction of sp³-hybridized carbons (Fsp3) is 0.667. The first-order valence-electron chi connectivity index (χ1n) is 7.12. The summed E-state index contributed by atoms with van der Waals surface area (Å²) in [4.78, 5) is 12.4. The SMILES string of the molecule is CS[C@@H](CO)[C@H](C)NC(=O)c1cc(C)n(C2CC2)c1C. The van der Waals surface area contributed by atoms with Crippen molar-refractivity contribution in [3.63, 3.8) is 0 Å². The number of aryl methyl sites for hydroxylation is 1. The highest BCUT2D eigenvalue weighted by Gasteiger charge is 2.29. The first kappa shape index (κ1) is 15.4. The highest BCUT2D eigenvalue weighted by atomic mass is 32.2. The maximum absolute atomic E-state index is 12.4. The van der Waals surface area contributed by atoms with Crippen molar-refractivity contribution < 1.29 is 9.90 Å². The molecule has 1 amide bonds. The zero-order valence-corrected chi connectivity index (χ0v) is 13.5. The van der Waals surface area contributed by atoms with E-state index in [4.69, 9.17) is 0 Å². The molecule has 20 heavy (non-hydrogen) atoms. The van der Waals surface area contributed by atoms with E-state index < -0.39 is 0 Å². The minimum atomic E-state index is -0.0496. The Balaban J connectivity index is 2.11. The van der Waals surface area contributed by atoms with Crippen LogP contribution in [0.1, 0.15) is 47.6 Å². The molecule has 5 heteroatoms. The van der Waals surface area contributed by atoms with Crippen LogP contribution in [0.5, 0.6) is 0 Å². The van der Waals surface area contributed by atoms with E-state index in [9.17, 15) is 9.90 Å². The first-order chi connectivity index (χ1) is 9.49. The largest absolute Gasteiger partial charge is 0.395 e. The molecule has 2 atom stereocenters. The number of hydrogen-bond acceptors (Lipinski definition) is 3. The molecule has 1 aliphatic rings. The Morgan fingerprint density at radius 2 is 2.20 bits per heavy atom. The monoisotopic (exact) mass is 296 g/mol. The third-order valence-corrected chi connectivity index (χ3v) is 5.20. The van der Waals surface area contributed by atoms with E-state index in [2.05, 4.69) is 16.8 Å². The van der Waals surface area contributed by atoms with Crippen LogP contribution in [-0.2, 0) is 0 Å². The summed E-state index contributed by atoms with van der Waals surface area (Å²) in [5.74, 6) is -0.0370. The molecule has 0 bridgehead atoms. The van der Waals surface area contributed by atoms with Gasteiger partial charge in [0.2, 0.25) is 0 Å². The number of carbonyl (C=O) groups is 1. The van der Waals surface area contributed by atoms with Crippen LogP contribution in [-0.4, -0.2) is 39.7 Å². The standard InChI is InChI=1S/C15H24N2O2S/c1-9-7-13(11(3)17(9)12-5-6-12)15(19)16-10(2)14(8-18)20-4/h7,10,12,14,18H,5-6,8H2,1-4H3,(H,16,19)/t10-,14-/m0/s1. The first-order valence-corrected chi connectivity index (χ1v) is 8.41. The van der Waals surface area contributed by atoms with E-state index in [1.54, 1.807) is 11.8 Å². The van der Waals surface area contributed by atoms with Crippen molar-refractivity contribution >= 4 is 17.7 Å². The summed E-state index contributed by atoms with van der Waals surface area (Å²) in [5.41, 5.74) is 2.98. The number of amides is 1. The summed E-state index contributed by atoms with van der Waals surface area (Å²) in [5, 5.41) is 12.3. The number of aliphatic hydroxyl groups is 1. The van der Waals surface area contributed by atoms with Crippen molar-refractivity contribution in [2.24, 2.45) is 0 Å². The fourth-order valence-corrected chi connectivity index (χ4v) is 3.34. The maximum atomic E-state index is 12.4. The van der Waals surface area contributed by atoms with Crippen LogP contribution in [0.2, 0.25) is 0 Å². The second-order valence-electron chi connectivity index (χ2n) is 5.60. The highest BCUT2D eigenvalue weighted by Crippen LogP contribution is 2.38. The third kappa shape index (κ3) is 3.04. The lowest BCUT2D eigenvalue weighted by molar-refractivity contribution is 0.0935. The van der Waals surface area contributed by atoms with Gasteiger partial charge in [-0.3, -0.25) is 4.79 Å². The Kier molecular flexibility index (Phi) is 4.81. The van der Waals surface area contributed by atoms with Crippen LogP contribution in [0.4, 0.5) is 0 Å². The molecule has 2 rings (SSSR count). The zero-order valence-electron chi connectivity index (χ0n) is 12.6. The van der Waals surface area contributed by atoms with Gasteiger partial charge in [0, 0.05) is 28.7 Å². The Morgan fingerprint density at radius 3 is 2.70 bits per heavy atom. The molecule has 0 radical (unpaired) electrons. The summed E-state index contributed by atoms with van der Waals surface area (Å²) in [6, 6.07) is 2.51. The molecule has 112 valence electrons. The van der Waals surface area contributed by atoms with Crippen LogP contribution in [0.15, 0.2) is 6.07 Å². The molecule has 2 N–H and O–H groups in total. The van der Waals surface area contributed by atoms with Gasteiger partial charge in [-0.15, -0.1) is 0 Å². The lowest BCUT2D eigenvalue weighted by Crippen LogP contribution is -2.41. The number of nitrogens with zero attached hydrogens (tertiary/aromatic N) is 1. The van der Waals surface area contributed by atoms with Gasteiger partial charge >= 0.3 is 0 Å². The zero-order chi connectivity index (χ0) is 14.9. The van der Waals surface area contributed by atoms with Gasteiger partial charge in [-0.1, -0.05) is 0 Å². The van der Waals surface area contributed by atoms with Crippen LogP contribution >= 0.6 is 11.8 Å². The summed E-state index contributed by atoms with van der Waals surface area (Å²) >= 11 is 1.57. The average molecular weight is 296 g/mol. The minimum absolute atomic E-state index is 0.0332. The maximum Gasteiger partial charge on any atom is 0.253 e. The van der Waals surface area contributed by atoms with Crippen LogP contribution in [0.25, 0.3) is 0 Å². The molecule has 1 aromatic heterocycles. The molecular formula is C15H24N2O2S. The predicted octanol–water partition coefficient (Wildman–Crippen LogP) is 2.28. The molecule has 0 spiro atoms. The number of carbonyl (C=O) groups excluding carboxylic acids is 1. The van der Waals surface area contributed by atoms with Gasteiger partial charge in [0.15, 0.2) is 0 Å². The summed E-state index contributed by atoms with van der Waals surface area (Å²) in [6.45, 7) is 6.09. The number of rotatable bonds is 6. The fourth-order valence-electron chi connectivity index (χ4n) is 2.72. The Hall–Kier alpha value is -0.940. The highest BCUT2D eigenvalue weighted by molar-refractivity contribution is 7.99. The van der Waals surface area contributed by atoms with Gasteiger partial charge in [-0.05, 0) is 45.9 Å². The molecule has 1 aromatic rings. The van der Waals surface area contributed by atoms with Crippen LogP contribution in [0, 0.1) is 13.8 Å². The van der Waals surface area contributed by atoms with Gasteiger partial charge in [0.1, 0.15) is 0 Å². The van der Waals surface area contributed by atoms with Crippen molar-refractivity contribution in [3.05, 3.63) is 23.0 Å². The number of aromatic nitrogens is 1.